The molecule has 0 fully saturated rings. The van der Waals surface area contributed by atoms with Crippen molar-refractivity contribution in [3.8, 4) is 0 Å². The van der Waals surface area contributed by atoms with Crippen LogP contribution in [0, 0.1) is 0 Å². The molecule has 24 heavy (non-hydrogen) atoms. The monoisotopic (exact) mass is 319 g/mol. The predicted octanol–water partition coefficient (Wildman–Crippen LogP) is 2.07. The van der Waals surface area contributed by atoms with E-state index in [0.29, 0.717) is 22.5 Å². The zero-order valence-electron chi connectivity index (χ0n) is 12.8. The van der Waals surface area contributed by atoms with E-state index in [2.05, 4.69) is 5.10 Å². The Morgan fingerprint density at radius 2 is 1.38 bits per heavy atom. The van der Waals surface area contributed by atoms with Gasteiger partial charge in [-0.15, -0.1) is 0 Å². The molecule has 0 unspecified atom stereocenters. The lowest BCUT2D eigenvalue weighted by Crippen LogP contribution is -2.49. The predicted molar refractivity (Wildman–Crippen MR) is 87.8 cm³/mol. The van der Waals surface area contributed by atoms with Gasteiger partial charge >= 0.3 is 0 Å². The first-order chi connectivity index (χ1) is 11.6. The summed E-state index contributed by atoms with van der Waals surface area (Å²) in [7, 11) is 0. The van der Waals surface area contributed by atoms with Crippen LogP contribution in [0.2, 0.25) is 0 Å². The summed E-state index contributed by atoms with van der Waals surface area (Å²) in [4.78, 5) is 39.0. The van der Waals surface area contributed by atoms with Crippen molar-refractivity contribution in [1.82, 2.24) is 4.90 Å². The number of fused-ring (bicyclic) bond motifs is 1. The van der Waals surface area contributed by atoms with E-state index < -0.39 is 23.8 Å². The second-order valence-corrected chi connectivity index (χ2v) is 5.66. The summed E-state index contributed by atoms with van der Waals surface area (Å²) in [6.45, 7) is 1.65. The fraction of sp³-hybridized carbons (Fsp3) is 0.111. The van der Waals surface area contributed by atoms with Crippen LogP contribution in [-0.4, -0.2) is 34.4 Å². The molecule has 0 saturated carbocycles. The van der Waals surface area contributed by atoms with E-state index in [1.807, 2.05) is 6.07 Å². The van der Waals surface area contributed by atoms with Crippen molar-refractivity contribution < 1.29 is 14.4 Å². The Bertz CT molecular complexity index is 870. The number of hydrogen-bond donors (Lipinski definition) is 0. The SMILES string of the molecule is CC1=NN(c2ccccc2)C(=O)[C@H]1N1C(=O)c2ccccc2C1=O. The fourth-order valence-corrected chi connectivity index (χ4v) is 3.05. The third kappa shape index (κ3) is 1.89. The van der Waals surface area contributed by atoms with Crippen LogP contribution in [0.4, 0.5) is 5.69 Å². The number of hydrogen-bond acceptors (Lipinski definition) is 4. The Hall–Kier alpha value is -3.28. The highest BCUT2D eigenvalue weighted by molar-refractivity contribution is 6.29. The molecule has 3 amide bonds. The third-order valence-corrected chi connectivity index (χ3v) is 4.18. The maximum atomic E-state index is 12.8. The van der Waals surface area contributed by atoms with E-state index in [0.717, 1.165) is 4.90 Å². The van der Waals surface area contributed by atoms with Gasteiger partial charge < -0.3 is 0 Å². The molecule has 2 aliphatic rings. The van der Waals surface area contributed by atoms with Gasteiger partial charge in [0.25, 0.3) is 17.7 Å². The second-order valence-electron chi connectivity index (χ2n) is 5.66. The maximum Gasteiger partial charge on any atom is 0.276 e. The van der Waals surface area contributed by atoms with Gasteiger partial charge in [0.2, 0.25) is 0 Å². The van der Waals surface area contributed by atoms with Crippen LogP contribution in [0.1, 0.15) is 27.6 Å². The molecule has 0 spiro atoms. The Labute approximate surface area is 138 Å². The van der Waals surface area contributed by atoms with Crippen LogP contribution in [0.15, 0.2) is 59.7 Å². The quantitative estimate of drug-likeness (QED) is 0.796. The highest BCUT2D eigenvalue weighted by atomic mass is 16.2. The molecule has 2 aromatic rings. The summed E-state index contributed by atoms with van der Waals surface area (Å²) in [6, 6.07) is 14.5. The largest absolute Gasteiger partial charge is 0.276 e. The molecule has 0 radical (unpaired) electrons. The molecule has 2 heterocycles. The van der Waals surface area contributed by atoms with E-state index in [1.165, 1.54) is 5.01 Å². The molecule has 1 atom stereocenters. The molecule has 0 aromatic heterocycles. The van der Waals surface area contributed by atoms with Gasteiger partial charge in [-0.1, -0.05) is 30.3 Å². The van der Waals surface area contributed by atoms with Gasteiger partial charge in [0.05, 0.1) is 22.5 Å². The number of carbonyl (C=O) groups excluding carboxylic acids is 3. The fourth-order valence-electron chi connectivity index (χ4n) is 3.05. The number of hydrazone groups is 1. The molecular weight excluding hydrogens is 306 g/mol. The van der Waals surface area contributed by atoms with Crippen molar-refractivity contribution in [1.29, 1.82) is 0 Å². The first kappa shape index (κ1) is 14.3. The van der Waals surface area contributed by atoms with Crippen LogP contribution >= 0.6 is 0 Å². The van der Waals surface area contributed by atoms with Crippen molar-refractivity contribution in [2.24, 2.45) is 5.10 Å². The highest BCUT2D eigenvalue weighted by Gasteiger charge is 2.48. The van der Waals surface area contributed by atoms with Crippen molar-refractivity contribution >= 4 is 29.1 Å². The number of carbonyl (C=O) groups is 3. The van der Waals surface area contributed by atoms with Gasteiger partial charge in [-0.2, -0.15) is 10.1 Å². The molecule has 0 bridgehead atoms. The molecule has 118 valence electrons. The van der Waals surface area contributed by atoms with E-state index >= 15 is 0 Å². The topological polar surface area (TPSA) is 70.1 Å². The van der Waals surface area contributed by atoms with Gasteiger partial charge in [0, 0.05) is 0 Å². The van der Waals surface area contributed by atoms with Gasteiger partial charge in [-0.25, -0.2) is 0 Å². The Morgan fingerprint density at radius 3 is 1.96 bits per heavy atom. The number of benzene rings is 2. The van der Waals surface area contributed by atoms with Crippen LogP contribution in [0.3, 0.4) is 0 Å². The first-order valence-electron chi connectivity index (χ1n) is 7.50. The van der Waals surface area contributed by atoms with Crippen LogP contribution < -0.4 is 5.01 Å². The standard InChI is InChI=1S/C18H13N3O3/c1-11-15(18(24)21(19-11)12-7-3-2-4-8-12)20-16(22)13-9-5-6-10-14(13)17(20)23/h2-10,15H,1H3/t15-/m0/s1. The number of imide groups is 1. The second kappa shape index (κ2) is 5.13. The highest BCUT2D eigenvalue weighted by Crippen LogP contribution is 2.29. The molecule has 0 N–H and O–H groups in total. The zero-order chi connectivity index (χ0) is 16.8. The van der Waals surface area contributed by atoms with Gasteiger partial charge in [0.1, 0.15) is 0 Å². The minimum absolute atomic E-state index is 0.321. The molecular formula is C18H13N3O3. The lowest BCUT2D eigenvalue weighted by Gasteiger charge is -2.21. The molecule has 6 heteroatoms. The Morgan fingerprint density at radius 1 is 0.833 bits per heavy atom. The Kier molecular flexibility index (Phi) is 3.06. The maximum absolute atomic E-state index is 12.8. The molecule has 6 nitrogen and oxygen atoms in total. The van der Waals surface area contributed by atoms with Crippen LogP contribution in [-0.2, 0) is 4.79 Å². The summed E-state index contributed by atoms with van der Waals surface area (Å²) in [5, 5.41) is 5.49. The van der Waals surface area contributed by atoms with Crippen molar-refractivity contribution in [3.63, 3.8) is 0 Å². The third-order valence-electron chi connectivity index (χ3n) is 4.18. The number of rotatable bonds is 2. The molecule has 4 rings (SSSR count). The van der Waals surface area contributed by atoms with Crippen molar-refractivity contribution in [2.75, 3.05) is 5.01 Å². The normalized spacial score (nSPS) is 19.8. The lowest BCUT2D eigenvalue weighted by atomic mass is 10.1. The zero-order valence-corrected chi connectivity index (χ0v) is 12.8. The molecule has 0 saturated heterocycles. The van der Waals surface area contributed by atoms with Crippen LogP contribution in [0.25, 0.3) is 0 Å². The van der Waals surface area contributed by atoms with Crippen molar-refractivity contribution in [2.45, 2.75) is 13.0 Å². The lowest BCUT2D eigenvalue weighted by molar-refractivity contribution is -0.119. The molecule has 0 aliphatic carbocycles. The average molecular weight is 319 g/mol. The smallest absolute Gasteiger partial charge is 0.270 e. The molecule has 2 aliphatic heterocycles. The summed E-state index contributed by atoms with van der Waals surface area (Å²) in [5.41, 5.74) is 1.65. The first-order valence-corrected chi connectivity index (χ1v) is 7.50. The summed E-state index contributed by atoms with van der Waals surface area (Å²) >= 11 is 0. The van der Waals surface area contributed by atoms with Gasteiger partial charge in [0.15, 0.2) is 6.04 Å². The van der Waals surface area contributed by atoms with Crippen LogP contribution in [0.5, 0.6) is 0 Å². The number of anilines is 1. The van der Waals surface area contributed by atoms with Crippen molar-refractivity contribution in [3.05, 3.63) is 65.7 Å². The summed E-state index contributed by atoms with van der Waals surface area (Å²) in [5.74, 6) is -1.33. The van der Waals surface area contributed by atoms with E-state index in [-0.39, 0.29) is 0 Å². The van der Waals surface area contributed by atoms with E-state index in [1.54, 1.807) is 55.5 Å². The Balaban J connectivity index is 1.72. The number of para-hydroxylation sites is 1. The molecule has 2 aromatic carbocycles. The van der Waals surface area contributed by atoms with E-state index in [4.69, 9.17) is 0 Å². The number of amides is 3. The minimum atomic E-state index is -1.00. The van der Waals surface area contributed by atoms with Gasteiger partial charge in [-0.3, -0.25) is 19.3 Å². The number of nitrogens with zero attached hydrogens (tertiary/aromatic N) is 3. The summed E-state index contributed by atoms with van der Waals surface area (Å²) < 4.78 is 0. The van der Waals surface area contributed by atoms with Gasteiger partial charge in [-0.05, 0) is 31.2 Å². The summed E-state index contributed by atoms with van der Waals surface area (Å²) in [6.07, 6.45) is 0. The minimum Gasteiger partial charge on any atom is -0.270 e. The average Bonchev–Trinajstić information content (AvgIpc) is 3.03. The van der Waals surface area contributed by atoms with E-state index in [9.17, 15) is 14.4 Å².